The van der Waals surface area contributed by atoms with Gasteiger partial charge in [0.05, 0.1) is 12.1 Å². The Labute approximate surface area is 293 Å². The number of carboxylic acids is 2. The molecule has 1 aliphatic rings. The van der Waals surface area contributed by atoms with Crippen LogP contribution >= 0.6 is 0 Å². The van der Waals surface area contributed by atoms with Crippen LogP contribution in [0.2, 0.25) is 0 Å². The van der Waals surface area contributed by atoms with Crippen LogP contribution in [0.4, 0.5) is 0 Å². The summed E-state index contributed by atoms with van der Waals surface area (Å²) in [5.74, 6) is -1.49. The quantitative estimate of drug-likeness (QED) is 0.326. The average Bonchev–Trinajstić information content (AvgIpc) is 2.92. The van der Waals surface area contributed by atoms with E-state index in [0.717, 1.165) is 87.5 Å². The second-order valence-electron chi connectivity index (χ2n) is 14.1. The largest absolute Gasteiger partial charge is 2.00 e. The first-order valence-electron chi connectivity index (χ1n) is 16.5. The van der Waals surface area contributed by atoms with Crippen molar-refractivity contribution < 1.29 is 46.8 Å². The summed E-state index contributed by atoms with van der Waals surface area (Å²) in [4.78, 5) is 27.8. The second kappa shape index (κ2) is 20.3. The van der Waals surface area contributed by atoms with Gasteiger partial charge in [0.2, 0.25) is 0 Å². The van der Waals surface area contributed by atoms with E-state index >= 15 is 0 Å². The molecule has 1 radical (unpaired) electrons. The Bertz CT molecular complexity index is 1240. The number of carbonyl (C=O) groups is 2. The molecular formula is C38H56CoN2O6. The summed E-state index contributed by atoms with van der Waals surface area (Å²) in [6.07, 6.45) is 12.1. The number of phenols is 2. The summed E-state index contributed by atoms with van der Waals surface area (Å²) in [5, 5.41) is 40.0. The van der Waals surface area contributed by atoms with E-state index < -0.39 is 11.9 Å². The summed E-state index contributed by atoms with van der Waals surface area (Å²) in [6.45, 7) is 19.1. The van der Waals surface area contributed by atoms with Crippen molar-refractivity contribution in [3.8, 4) is 11.5 Å². The molecule has 2 aromatic carbocycles. The maximum atomic E-state index is 11.1. The van der Waals surface area contributed by atoms with E-state index in [1.54, 1.807) is 0 Å². The maximum absolute atomic E-state index is 11.1. The number of carbonyl (C=O) groups excluding carboxylic acids is 2. The third-order valence-electron chi connectivity index (χ3n) is 7.60. The minimum atomic E-state index is -1.08. The Morgan fingerprint density at radius 2 is 1.02 bits per heavy atom. The predicted molar refractivity (Wildman–Crippen MR) is 184 cm³/mol. The van der Waals surface area contributed by atoms with Crippen LogP contribution in [-0.2, 0) is 50.0 Å². The molecule has 263 valence electrons. The van der Waals surface area contributed by atoms with Gasteiger partial charge < -0.3 is 30.0 Å². The first-order valence-corrected chi connectivity index (χ1v) is 16.5. The van der Waals surface area contributed by atoms with Gasteiger partial charge >= 0.3 is 16.8 Å². The third-order valence-corrected chi connectivity index (χ3v) is 7.60. The van der Waals surface area contributed by atoms with E-state index in [9.17, 15) is 10.2 Å². The summed E-state index contributed by atoms with van der Waals surface area (Å²) in [5.41, 5.74) is 5.74. The normalized spacial score (nSPS) is 16.5. The first-order chi connectivity index (χ1) is 21.3. The summed E-state index contributed by atoms with van der Waals surface area (Å²) < 4.78 is 0. The van der Waals surface area contributed by atoms with Gasteiger partial charge in [-0.15, -0.1) is 0 Å². The van der Waals surface area contributed by atoms with Crippen LogP contribution in [0.15, 0.2) is 34.3 Å². The van der Waals surface area contributed by atoms with Crippen LogP contribution in [-0.4, -0.2) is 46.7 Å². The number of benzene rings is 2. The molecule has 0 amide bonds. The number of hydrogen-bond donors (Lipinski definition) is 2. The van der Waals surface area contributed by atoms with Crippen LogP contribution in [0.25, 0.3) is 0 Å². The number of aliphatic carboxylic acids is 2. The summed E-state index contributed by atoms with van der Waals surface area (Å²) in [7, 11) is 0. The number of aryl methyl sites for hydroxylation is 2. The van der Waals surface area contributed by atoms with Crippen molar-refractivity contribution in [2.45, 2.75) is 144 Å². The van der Waals surface area contributed by atoms with E-state index in [4.69, 9.17) is 29.8 Å². The molecule has 0 aliphatic heterocycles. The Hall–Kier alpha value is -3.17. The van der Waals surface area contributed by atoms with Crippen molar-refractivity contribution in [3.63, 3.8) is 0 Å². The van der Waals surface area contributed by atoms with Gasteiger partial charge in [0.15, 0.2) is 0 Å². The van der Waals surface area contributed by atoms with E-state index in [1.165, 1.54) is 11.1 Å². The van der Waals surface area contributed by atoms with Crippen LogP contribution in [0.3, 0.4) is 0 Å². The van der Waals surface area contributed by atoms with E-state index in [2.05, 4.69) is 79.7 Å². The molecule has 2 aromatic rings. The minimum absolute atomic E-state index is 0. The molecule has 0 saturated heterocycles. The molecule has 0 bridgehead atoms. The molecule has 3 rings (SSSR count). The molecule has 1 fully saturated rings. The molecular weight excluding hydrogens is 639 g/mol. The molecule has 2 N–H and O–H groups in total. The van der Waals surface area contributed by atoms with Gasteiger partial charge in [0, 0.05) is 46.6 Å². The van der Waals surface area contributed by atoms with Gasteiger partial charge in [-0.25, -0.2) is 0 Å². The van der Waals surface area contributed by atoms with Gasteiger partial charge in [-0.3, -0.25) is 9.98 Å². The van der Waals surface area contributed by atoms with Gasteiger partial charge in [-0.1, -0.05) is 93.2 Å². The molecule has 2 atom stereocenters. The predicted octanol–water partition coefficient (Wildman–Crippen LogP) is 5.96. The summed E-state index contributed by atoms with van der Waals surface area (Å²) in [6, 6.07) is 8.60. The molecule has 0 spiro atoms. The van der Waals surface area contributed by atoms with E-state index in [0.29, 0.717) is 11.5 Å². The topological polar surface area (TPSA) is 145 Å². The Morgan fingerprint density at radius 1 is 0.723 bits per heavy atom. The fourth-order valence-corrected chi connectivity index (χ4v) is 5.44. The number of rotatable bonds is 8. The van der Waals surface area contributed by atoms with Crippen molar-refractivity contribution >= 4 is 24.4 Å². The number of phenolic OH excluding ortho intramolecular Hbond substituents is 2. The van der Waals surface area contributed by atoms with E-state index in [-0.39, 0.29) is 39.7 Å². The Balaban J connectivity index is 0.00000211. The van der Waals surface area contributed by atoms with Crippen molar-refractivity contribution in [1.29, 1.82) is 0 Å². The molecule has 9 heteroatoms. The van der Waals surface area contributed by atoms with Gasteiger partial charge in [0.1, 0.15) is 11.5 Å². The molecule has 1 aliphatic carbocycles. The molecule has 0 heterocycles. The zero-order valence-corrected chi connectivity index (χ0v) is 31.1. The standard InChI is InChI=1S/C34H50N2O2.2C2H4O2.Co/c1-9-13-23-17-25(31(37)27(19-23)33(3,4)5)21-35-29-15-11-12-16-30(29)36-22-26-18-24(14-10-2)20-28(32(26)38)34(6,7)8;2*1-2(3)4;/h17-22,29-30,37-38H,9-16H2,1-8H3;2*1H3,(H,3,4);/q;;;+2/p-2. The molecule has 0 aromatic heterocycles. The smallest absolute Gasteiger partial charge is 0.550 e. The van der Waals surface area contributed by atoms with Crippen LogP contribution < -0.4 is 10.2 Å². The molecule has 2 unspecified atom stereocenters. The Kier molecular flexibility index (Phi) is 18.9. The molecule has 8 nitrogen and oxygen atoms in total. The third kappa shape index (κ3) is 15.5. The summed E-state index contributed by atoms with van der Waals surface area (Å²) >= 11 is 0. The van der Waals surface area contributed by atoms with Crippen LogP contribution in [0.5, 0.6) is 11.5 Å². The fraction of sp³-hybridized carbons (Fsp3) is 0.579. The fourth-order valence-electron chi connectivity index (χ4n) is 5.44. The maximum Gasteiger partial charge on any atom is 2.00 e. The number of aromatic hydroxyl groups is 2. The van der Waals surface area contributed by atoms with Gasteiger partial charge in [-0.05, 0) is 73.6 Å². The number of hydrogen-bond acceptors (Lipinski definition) is 8. The molecule has 47 heavy (non-hydrogen) atoms. The van der Waals surface area contributed by atoms with Crippen LogP contribution in [0, 0.1) is 0 Å². The number of nitrogens with zero attached hydrogens (tertiary/aromatic N) is 2. The van der Waals surface area contributed by atoms with Crippen molar-refractivity contribution in [1.82, 2.24) is 0 Å². The van der Waals surface area contributed by atoms with Crippen LogP contribution in [0.1, 0.15) is 141 Å². The zero-order chi connectivity index (χ0) is 35.2. The van der Waals surface area contributed by atoms with Gasteiger partial charge in [0.25, 0.3) is 0 Å². The first kappa shape index (κ1) is 43.8. The van der Waals surface area contributed by atoms with E-state index in [1.807, 2.05) is 12.4 Å². The zero-order valence-electron chi connectivity index (χ0n) is 30.0. The minimum Gasteiger partial charge on any atom is -0.550 e. The van der Waals surface area contributed by atoms with Crippen molar-refractivity contribution in [3.05, 3.63) is 57.6 Å². The van der Waals surface area contributed by atoms with Crippen molar-refractivity contribution in [2.75, 3.05) is 0 Å². The second-order valence-corrected chi connectivity index (χ2v) is 14.1. The van der Waals surface area contributed by atoms with Crippen molar-refractivity contribution in [2.24, 2.45) is 9.98 Å². The number of aliphatic imine (C=N–C) groups is 2. The Morgan fingerprint density at radius 3 is 1.28 bits per heavy atom. The average molecular weight is 696 g/mol. The SMILES string of the molecule is CC(=O)[O-].CC(=O)[O-].CCCc1cc(C=NC2CCCCC2N=Cc2cc(CCC)cc(C(C)(C)C)c2O)c(O)c(C(C)(C)C)c1.[Co+2]. The number of carboxylic acid groups (broad SMARTS) is 2. The molecule has 1 saturated carbocycles. The van der Waals surface area contributed by atoms with Gasteiger partial charge in [-0.2, -0.15) is 0 Å². The monoisotopic (exact) mass is 695 g/mol.